The van der Waals surface area contributed by atoms with E-state index < -0.39 is 0 Å². The van der Waals surface area contributed by atoms with Gasteiger partial charge in [0.2, 0.25) is 0 Å². The predicted molar refractivity (Wildman–Crippen MR) is 68.5 cm³/mol. The molecule has 1 saturated heterocycles. The van der Waals surface area contributed by atoms with E-state index in [9.17, 15) is 5.26 Å². The summed E-state index contributed by atoms with van der Waals surface area (Å²) in [7, 11) is 0. The van der Waals surface area contributed by atoms with E-state index in [4.69, 9.17) is 0 Å². The number of nitriles is 1. The van der Waals surface area contributed by atoms with Crippen LogP contribution in [0.25, 0.3) is 0 Å². The van der Waals surface area contributed by atoms with Crippen LogP contribution in [0, 0.1) is 16.7 Å². The Kier molecular flexibility index (Phi) is 2.91. The molecule has 0 N–H and O–H groups in total. The van der Waals surface area contributed by atoms with Crippen LogP contribution in [0.5, 0.6) is 0 Å². The summed E-state index contributed by atoms with van der Waals surface area (Å²) in [6, 6.07) is 2.69. The minimum absolute atomic E-state index is 0.0790. The van der Waals surface area contributed by atoms with Gasteiger partial charge in [-0.25, -0.2) is 0 Å². The van der Waals surface area contributed by atoms with Crippen LogP contribution in [0.3, 0.4) is 0 Å². The molecule has 1 heterocycles. The Morgan fingerprint density at radius 3 is 1.88 bits per heavy atom. The molecule has 17 heavy (non-hydrogen) atoms. The number of hydrogen-bond acceptors (Lipinski definition) is 2. The first-order valence-electron chi connectivity index (χ1n) is 7.45. The average molecular weight is 232 g/mol. The standard InChI is InChI=1S/C15H24N2/c16-13-15(17-11-3-4-12-17)9-7-14(8-10-15)5-1-2-6-14/h1-12H2. The molecule has 2 aliphatic carbocycles. The smallest absolute Gasteiger partial charge is 0.109 e. The van der Waals surface area contributed by atoms with Crippen LogP contribution in [0.2, 0.25) is 0 Å². The normalized spacial score (nSPS) is 31.7. The van der Waals surface area contributed by atoms with E-state index in [0.717, 1.165) is 12.8 Å². The van der Waals surface area contributed by atoms with Gasteiger partial charge in [0.15, 0.2) is 0 Å². The summed E-state index contributed by atoms with van der Waals surface area (Å²) >= 11 is 0. The van der Waals surface area contributed by atoms with Crippen molar-refractivity contribution in [2.75, 3.05) is 13.1 Å². The molecule has 3 rings (SSSR count). The zero-order valence-electron chi connectivity index (χ0n) is 10.9. The Morgan fingerprint density at radius 2 is 1.35 bits per heavy atom. The molecule has 94 valence electrons. The first-order valence-corrected chi connectivity index (χ1v) is 7.45. The average Bonchev–Trinajstić information content (AvgIpc) is 3.03. The number of hydrogen-bond donors (Lipinski definition) is 0. The fourth-order valence-electron chi connectivity index (χ4n) is 4.46. The third-order valence-corrected chi connectivity index (χ3v) is 5.72. The van der Waals surface area contributed by atoms with Crippen molar-refractivity contribution in [1.82, 2.24) is 4.90 Å². The van der Waals surface area contributed by atoms with Gasteiger partial charge in [-0.15, -0.1) is 0 Å². The molecule has 2 saturated carbocycles. The van der Waals surface area contributed by atoms with E-state index in [1.807, 2.05) is 0 Å². The topological polar surface area (TPSA) is 27.0 Å². The van der Waals surface area contributed by atoms with Gasteiger partial charge in [-0.1, -0.05) is 12.8 Å². The van der Waals surface area contributed by atoms with Crippen LogP contribution in [-0.4, -0.2) is 23.5 Å². The van der Waals surface area contributed by atoms with Crippen molar-refractivity contribution in [3.05, 3.63) is 0 Å². The Balaban J connectivity index is 1.71. The monoisotopic (exact) mass is 232 g/mol. The second-order valence-corrected chi connectivity index (χ2v) is 6.54. The van der Waals surface area contributed by atoms with Crippen LogP contribution in [0.1, 0.15) is 64.2 Å². The van der Waals surface area contributed by atoms with Gasteiger partial charge in [0, 0.05) is 0 Å². The maximum Gasteiger partial charge on any atom is 0.109 e. The summed E-state index contributed by atoms with van der Waals surface area (Å²) in [5, 5.41) is 9.64. The molecule has 0 radical (unpaired) electrons. The molecule has 0 aromatic carbocycles. The summed E-state index contributed by atoms with van der Waals surface area (Å²) in [4.78, 5) is 2.49. The lowest BCUT2D eigenvalue weighted by molar-refractivity contribution is 0.0620. The van der Waals surface area contributed by atoms with Gasteiger partial charge >= 0.3 is 0 Å². The zero-order chi connectivity index (χ0) is 11.8. The summed E-state index contributed by atoms with van der Waals surface area (Å²) < 4.78 is 0. The van der Waals surface area contributed by atoms with Gasteiger partial charge in [-0.3, -0.25) is 4.90 Å². The summed E-state index contributed by atoms with van der Waals surface area (Å²) in [5.74, 6) is 0. The fraction of sp³-hybridized carbons (Fsp3) is 0.933. The molecule has 0 aromatic rings. The lowest BCUT2D eigenvalue weighted by Crippen LogP contribution is -2.50. The number of rotatable bonds is 1. The summed E-state index contributed by atoms with van der Waals surface area (Å²) in [6.07, 6.45) is 13.3. The molecule has 0 aromatic heterocycles. The van der Waals surface area contributed by atoms with E-state index in [0.29, 0.717) is 5.41 Å². The molecule has 0 atom stereocenters. The molecule has 3 aliphatic rings. The Hall–Kier alpha value is -0.550. The zero-order valence-corrected chi connectivity index (χ0v) is 10.9. The number of likely N-dealkylation sites (tertiary alicyclic amines) is 1. The number of nitrogens with zero attached hydrogens (tertiary/aromatic N) is 2. The molecule has 3 fully saturated rings. The van der Waals surface area contributed by atoms with Crippen molar-refractivity contribution >= 4 is 0 Å². The van der Waals surface area contributed by atoms with Crippen molar-refractivity contribution in [3.8, 4) is 6.07 Å². The molecule has 2 heteroatoms. The molecule has 0 amide bonds. The van der Waals surface area contributed by atoms with E-state index >= 15 is 0 Å². The third kappa shape index (κ3) is 1.89. The molecular formula is C15H24N2. The highest BCUT2D eigenvalue weighted by Gasteiger charge is 2.47. The Morgan fingerprint density at radius 1 is 0.765 bits per heavy atom. The van der Waals surface area contributed by atoms with Crippen molar-refractivity contribution in [3.63, 3.8) is 0 Å². The summed E-state index contributed by atoms with van der Waals surface area (Å²) in [5.41, 5.74) is 0.574. The van der Waals surface area contributed by atoms with Gasteiger partial charge in [-0.2, -0.15) is 5.26 Å². The fourth-order valence-corrected chi connectivity index (χ4v) is 4.46. The van der Waals surface area contributed by atoms with Gasteiger partial charge in [0.25, 0.3) is 0 Å². The minimum Gasteiger partial charge on any atom is -0.286 e. The first-order chi connectivity index (χ1) is 8.29. The van der Waals surface area contributed by atoms with E-state index in [-0.39, 0.29) is 5.54 Å². The van der Waals surface area contributed by atoms with Crippen molar-refractivity contribution in [2.45, 2.75) is 69.7 Å². The van der Waals surface area contributed by atoms with Crippen molar-refractivity contribution in [2.24, 2.45) is 5.41 Å². The minimum atomic E-state index is -0.0790. The van der Waals surface area contributed by atoms with Crippen molar-refractivity contribution in [1.29, 1.82) is 5.26 Å². The van der Waals surface area contributed by atoms with Crippen LogP contribution >= 0.6 is 0 Å². The summed E-state index contributed by atoms with van der Waals surface area (Å²) in [6.45, 7) is 2.33. The molecule has 1 spiro atoms. The highest BCUT2D eigenvalue weighted by Crippen LogP contribution is 2.52. The van der Waals surface area contributed by atoms with Crippen LogP contribution in [-0.2, 0) is 0 Å². The lowest BCUT2D eigenvalue weighted by Gasteiger charge is -2.45. The second-order valence-electron chi connectivity index (χ2n) is 6.54. The highest BCUT2D eigenvalue weighted by atomic mass is 15.2. The first kappa shape index (κ1) is 11.5. The largest absolute Gasteiger partial charge is 0.286 e. The van der Waals surface area contributed by atoms with Gasteiger partial charge in [-0.05, 0) is 69.9 Å². The molecular weight excluding hydrogens is 208 g/mol. The quantitative estimate of drug-likeness (QED) is 0.692. The maximum atomic E-state index is 9.64. The van der Waals surface area contributed by atoms with E-state index in [1.54, 1.807) is 0 Å². The van der Waals surface area contributed by atoms with Gasteiger partial charge in [0.05, 0.1) is 6.07 Å². The molecule has 0 bridgehead atoms. The molecule has 1 aliphatic heterocycles. The second kappa shape index (κ2) is 4.28. The van der Waals surface area contributed by atoms with Crippen LogP contribution in [0.15, 0.2) is 0 Å². The Labute approximate surface area is 105 Å². The van der Waals surface area contributed by atoms with Crippen LogP contribution in [0.4, 0.5) is 0 Å². The molecule has 0 unspecified atom stereocenters. The predicted octanol–water partition coefficient (Wildman–Crippen LogP) is 3.48. The Bertz CT molecular complexity index is 306. The van der Waals surface area contributed by atoms with Crippen molar-refractivity contribution < 1.29 is 0 Å². The van der Waals surface area contributed by atoms with Gasteiger partial charge in [0.1, 0.15) is 5.54 Å². The van der Waals surface area contributed by atoms with E-state index in [2.05, 4.69) is 11.0 Å². The third-order valence-electron chi connectivity index (χ3n) is 5.72. The highest BCUT2D eigenvalue weighted by molar-refractivity contribution is 5.13. The maximum absolute atomic E-state index is 9.64. The SMILES string of the molecule is N#CC1(N2CCCC2)CCC2(CCCC2)CC1. The van der Waals surface area contributed by atoms with E-state index in [1.165, 1.54) is 64.5 Å². The van der Waals surface area contributed by atoms with Crippen LogP contribution < -0.4 is 0 Å². The lowest BCUT2D eigenvalue weighted by atomic mass is 9.66. The molecule has 2 nitrogen and oxygen atoms in total. The van der Waals surface area contributed by atoms with Gasteiger partial charge < -0.3 is 0 Å².